The molecule has 2 N–H and O–H groups in total. The Hall–Kier alpha value is -1.55. The maximum absolute atomic E-state index is 12.2. The van der Waals surface area contributed by atoms with Crippen LogP contribution in [-0.4, -0.2) is 29.3 Å². The number of aliphatic hydroxyl groups is 1. The average molecular weight is 277 g/mol. The number of para-hydroxylation sites is 1. The molecule has 1 amide bonds. The monoisotopic (exact) mass is 277 g/mol. The van der Waals surface area contributed by atoms with E-state index < -0.39 is 6.10 Å². The minimum Gasteiger partial charge on any atom is -0.481 e. The van der Waals surface area contributed by atoms with Crippen molar-refractivity contribution in [3.63, 3.8) is 0 Å². The third kappa shape index (κ3) is 4.23. The number of carbonyl (C=O) groups is 1. The third-order valence-corrected chi connectivity index (χ3v) is 3.73. The van der Waals surface area contributed by atoms with Crippen molar-refractivity contribution in [2.24, 2.45) is 0 Å². The lowest BCUT2D eigenvalue weighted by atomic mass is 9.93. The van der Waals surface area contributed by atoms with Crippen LogP contribution in [0.3, 0.4) is 0 Å². The number of hydrogen-bond acceptors (Lipinski definition) is 3. The van der Waals surface area contributed by atoms with Gasteiger partial charge in [0.15, 0.2) is 6.10 Å². The highest BCUT2D eigenvalue weighted by Gasteiger charge is 2.25. The van der Waals surface area contributed by atoms with Gasteiger partial charge in [0.2, 0.25) is 0 Å². The molecule has 0 heterocycles. The Balaban J connectivity index is 1.86. The van der Waals surface area contributed by atoms with Crippen LogP contribution in [-0.2, 0) is 4.79 Å². The molecule has 1 aliphatic rings. The molecule has 2 rings (SSSR count). The highest BCUT2D eigenvalue weighted by Crippen LogP contribution is 2.19. The molecule has 0 saturated heterocycles. The van der Waals surface area contributed by atoms with Gasteiger partial charge in [0, 0.05) is 6.04 Å². The van der Waals surface area contributed by atoms with Crippen LogP contribution in [0.2, 0.25) is 0 Å². The van der Waals surface area contributed by atoms with E-state index in [2.05, 4.69) is 5.32 Å². The minimum absolute atomic E-state index is 0.0576. The normalized spacial score (nSPS) is 23.9. The van der Waals surface area contributed by atoms with Crippen molar-refractivity contribution >= 4 is 5.91 Å². The zero-order valence-electron chi connectivity index (χ0n) is 11.9. The Bertz CT molecular complexity index is 413. The fourth-order valence-electron chi connectivity index (χ4n) is 2.50. The van der Waals surface area contributed by atoms with Crippen molar-refractivity contribution in [2.45, 2.75) is 57.3 Å². The zero-order chi connectivity index (χ0) is 14.4. The summed E-state index contributed by atoms with van der Waals surface area (Å²) in [5.41, 5.74) is 0. The summed E-state index contributed by atoms with van der Waals surface area (Å²) in [6.45, 7) is 1.94. The molecule has 0 aromatic heterocycles. The molecule has 110 valence electrons. The first-order chi connectivity index (χ1) is 9.69. The first-order valence-corrected chi connectivity index (χ1v) is 7.39. The SMILES string of the molecule is CCC(Oc1ccccc1)C(=O)NC1CCC(O)CC1. The maximum Gasteiger partial charge on any atom is 0.261 e. The lowest BCUT2D eigenvalue weighted by Crippen LogP contribution is -2.45. The molecule has 0 spiro atoms. The molecule has 4 nitrogen and oxygen atoms in total. The van der Waals surface area contributed by atoms with E-state index in [9.17, 15) is 9.90 Å². The van der Waals surface area contributed by atoms with E-state index in [4.69, 9.17) is 4.74 Å². The van der Waals surface area contributed by atoms with Crippen molar-refractivity contribution in [1.82, 2.24) is 5.32 Å². The van der Waals surface area contributed by atoms with Crippen LogP contribution < -0.4 is 10.1 Å². The second-order valence-electron chi connectivity index (χ2n) is 5.34. The van der Waals surface area contributed by atoms with Gasteiger partial charge in [0.1, 0.15) is 5.75 Å². The maximum atomic E-state index is 12.2. The molecule has 0 radical (unpaired) electrons. The molecule has 1 saturated carbocycles. The lowest BCUT2D eigenvalue weighted by molar-refractivity contribution is -0.129. The molecular weight excluding hydrogens is 254 g/mol. The van der Waals surface area contributed by atoms with E-state index in [1.54, 1.807) is 0 Å². The number of amides is 1. The average Bonchev–Trinajstić information content (AvgIpc) is 2.48. The van der Waals surface area contributed by atoms with Crippen LogP contribution in [0.5, 0.6) is 5.75 Å². The Morgan fingerprint density at radius 3 is 2.55 bits per heavy atom. The summed E-state index contributed by atoms with van der Waals surface area (Å²) < 4.78 is 5.73. The van der Waals surface area contributed by atoms with Gasteiger partial charge in [-0.05, 0) is 44.2 Å². The molecule has 0 bridgehead atoms. The molecule has 1 aromatic carbocycles. The summed E-state index contributed by atoms with van der Waals surface area (Å²) in [5.74, 6) is 0.659. The lowest BCUT2D eigenvalue weighted by Gasteiger charge is -2.27. The summed E-state index contributed by atoms with van der Waals surface area (Å²) in [6.07, 6.45) is 3.19. The predicted octanol–water partition coefficient (Wildman–Crippen LogP) is 2.26. The molecule has 1 fully saturated rings. The van der Waals surface area contributed by atoms with Crippen LogP contribution >= 0.6 is 0 Å². The molecule has 1 aromatic rings. The second-order valence-corrected chi connectivity index (χ2v) is 5.34. The van der Waals surface area contributed by atoms with Crippen LogP contribution in [0.25, 0.3) is 0 Å². The van der Waals surface area contributed by atoms with Crippen LogP contribution in [0.4, 0.5) is 0 Å². The smallest absolute Gasteiger partial charge is 0.261 e. The summed E-state index contributed by atoms with van der Waals surface area (Å²) in [6, 6.07) is 9.57. The first kappa shape index (κ1) is 14.9. The van der Waals surface area contributed by atoms with Gasteiger partial charge in [-0.3, -0.25) is 4.79 Å². The van der Waals surface area contributed by atoms with E-state index in [1.807, 2.05) is 37.3 Å². The van der Waals surface area contributed by atoms with Gasteiger partial charge in [-0.2, -0.15) is 0 Å². The zero-order valence-corrected chi connectivity index (χ0v) is 11.9. The minimum atomic E-state index is -0.454. The van der Waals surface area contributed by atoms with Gasteiger partial charge >= 0.3 is 0 Å². The molecule has 1 atom stereocenters. The number of hydrogen-bond donors (Lipinski definition) is 2. The number of nitrogens with one attached hydrogen (secondary N) is 1. The largest absolute Gasteiger partial charge is 0.481 e. The van der Waals surface area contributed by atoms with E-state index >= 15 is 0 Å². The molecule has 1 unspecified atom stereocenters. The first-order valence-electron chi connectivity index (χ1n) is 7.39. The van der Waals surface area contributed by atoms with Crippen LogP contribution in [0.15, 0.2) is 30.3 Å². The molecule has 1 aliphatic carbocycles. The van der Waals surface area contributed by atoms with Gasteiger partial charge in [0.25, 0.3) is 5.91 Å². The summed E-state index contributed by atoms with van der Waals surface area (Å²) in [5, 5.41) is 12.5. The number of rotatable bonds is 5. The molecular formula is C16H23NO3. The fraction of sp³-hybridized carbons (Fsp3) is 0.562. The van der Waals surface area contributed by atoms with Crippen LogP contribution in [0.1, 0.15) is 39.0 Å². The fourth-order valence-corrected chi connectivity index (χ4v) is 2.50. The Kier molecular flexibility index (Phi) is 5.41. The van der Waals surface area contributed by atoms with Gasteiger partial charge < -0.3 is 15.2 Å². The van der Waals surface area contributed by atoms with Crippen LogP contribution in [0, 0.1) is 0 Å². The Morgan fingerprint density at radius 2 is 1.95 bits per heavy atom. The topological polar surface area (TPSA) is 58.6 Å². The summed E-state index contributed by atoms with van der Waals surface area (Å²) in [7, 11) is 0. The quantitative estimate of drug-likeness (QED) is 0.868. The number of aliphatic hydroxyl groups excluding tert-OH is 1. The summed E-state index contributed by atoms with van der Waals surface area (Å²) in [4.78, 5) is 12.2. The van der Waals surface area contributed by atoms with E-state index in [1.165, 1.54) is 0 Å². The number of benzene rings is 1. The number of ether oxygens (including phenoxy) is 1. The predicted molar refractivity (Wildman–Crippen MR) is 77.6 cm³/mol. The number of carbonyl (C=O) groups excluding carboxylic acids is 1. The Morgan fingerprint density at radius 1 is 1.30 bits per heavy atom. The van der Waals surface area contributed by atoms with Crippen molar-refractivity contribution in [3.8, 4) is 5.75 Å². The van der Waals surface area contributed by atoms with E-state index in [0.29, 0.717) is 12.2 Å². The van der Waals surface area contributed by atoms with E-state index in [0.717, 1.165) is 25.7 Å². The van der Waals surface area contributed by atoms with Crippen molar-refractivity contribution in [2.75, 3.05) is 0 Å². The van der Waals surface area contributed by atoms with Crippen molar-refractivity contribution < 1.29 is 14.6 Å². The second kappa shape index (κ2) is 7.29. The third-order valence-electron chi connectivity index (χ3n) is 3.73. The molecule has 4 heteroatoms. The highest BCUT2D eigenvalue weighted by molar-refractivity contribution is 5.81. The Labute approximate surface area is 120 Å². The molecule has 20 heavy (non-hydrogen) atoms. The molecule has 0 aliphatic heterocycles. The van der Waals surface area contributed by atoms with Gasteiger partial charge in [-0.1, -0.05) is 25.1 Å². The summed E-state index contributed by atoms with van der Waals surface area (Å²) >= 11 is 0. The van der Waals surface area contributed by atoms with Gasteiger partial charge in [-0.15, -0.1) is 0 Å². The van der Waals surface area contributed by atoms with Gasteiger partial charge in [-0.25, -0.2) is 0 Å². The standard InChI is InChI=1S/C16H23NO3/c1-2-15(20-14-6-4-3-5-7-14)16(19)17-12-8-10-13(18)11-9-12/h3-7,12-13,15,18H,2,8-11H2,1H3,(H,17,19). The van der Waals surface area contributed by atoms with Gasteiger partial charge in [0.05, 0.1) is 6.10 Å². The van der Waals surface area contributed by atoms with Crippen molar-refractivity contribution in [3.05, 3.63) is 30.3 Å². The van der Waals surface area contributed by atoms with E-state index in [-0.39, 0.29) is 18.1 Å². The highest BCUT2D eigenvalue weighted by atomic mass is 16.5. The van der Waals surface area contributed by atoms with Crippen molar-refractivity contribution in [1.29, 1.82) is 0 Å².